The van der Waals surface area contributed by atoms with Crippen molar-refractivity contribution in [1.29, 1.82) is 0 Å². The third-order valence-corrected chi connectivity index (χ3v) is 2.15. The maximum atomic E-state index is 10.4. The Balaban J connectivity index is -0.0000000229. The molecule has 0 N–H and O–H groups in total. The molecular weight excluding hydrogens is 826 g/mol. The maximum absolute atomic E-state index is 10.4. The first-order valence-electron chi connectivity index (χ1n) is 6.71. The molecular formula is C18H33O4W2Y2-5. The summed E-state index contributed by atoms with van der Waals surface area (Å²) >= 11 is 0. The van der Waals surface area contributed by atoms with E-state index in [1.807, 2.05) is 0 Å². The van der Waals surface area contributed by atoms with Crippen molar-refractivity contribution in [2.75, 3.05) is 0 Å². The molecule has 0 rings (SSSR count). The smallest absolute Gasteiger partial charge is 0 e. The van der Waals surface area contributed by atoms with Crippen LogP contribution in [0.5, 0.6) is 0 Å². The third kappa shape index (κ3) is 96.1. The number of rotatable bonds is 5. The molecule has 0 aromatic carbocycles. The van der Waals surface area contributed by atoms with Crippen LogP contribution in [0.15, 0.2) is 0 Å². The minimum atomic E-state index is 0. The minimum Gasteiger partial charge on any atom is -0.545 e. The van der Waals surface area contributed by atoms with Crippen LogP contribution >= 0.6 is 0 Å². The Hall–Kier alpha value is 2.00. The van der Waals surface area contributed by atoms with E-state index in [1.165, 1.54) is 0 Å². The van der Waals surface area contributed by atoms with E-state index in [-0.39, 0.29) is 132 Å². The number of hydrogen-bond donors (Lipinski definition) is 0. The number of carbonyl (C=O) groups is 2. The Bertz CT molecular complexity index is 270. The second-order valence-corrected chi connectivity index (χ2v) is 6.07. The molecule has 0 unspecified atom stereocenters. The molecule has 0 fully saturated rings. The fraction of sp³-hybridized carbons (Fsp3) is 0.611. The molecule has 0 saturated heterocycles. The number of ketones is 2. The van der Waals surface area contributed by atoms with Crippen LogP contribution in [0.2, 0.25) is 0 Å². The van der Waals surface area contributed by atoms with Crippen LogP contribution in [-0.4, -0.2) is 25.1 Å². The summed E-state index contributed by atoms with van der Waals surface area (Å²) in [5.41, 5.74) is 0.271. The Kier molecular flexibility index (Phi) is 90.0. The summed E-state index contributed by atoms with van der Waals surface area (Å²) in [4.78, 5) is 36.1. The van der Waals surface area contributed by atoms with E-state index in [4.69, 9.17) is 9.59 Å². The zero-order chi connectivity index (χ0) is 18.1. The molecule has 0 saturated carbocycles. The Morgan fingerprint density at radius 1 is 0.846 bits per heavy atom. The van der Waals surface area contributed by atoms with Gasteiger partial charge in [0.1, 0.15) is 0 Å². The minimum absolute atomic E-state index is 0. The van der Waals surface area contributed by atoms with Crippen molar-refractivity contribution in [1.82, 2.24) is 0 Å². The van der Waals surface area contributed by atoms with Gasteiger partial charge in [-0.1, -0.05) is 34.6 Å². The molecule has 0 amide bonds. The van der Waals surface area contributed by atoms with Gasteiger partial charge in [0.15, 0.2) is 0 Å². The maximum Gasteiger partial charge on any atom is 0 e. The van der Waals surface area contributed by atoms with Gasteiger partial charge in [-0.3, -0.25) is 13.6 Å². The Labute approximate surface area is 241 Å². The SMILES string of the molecule is [CH-]=O.[CH-]=O.[CH2-]C(=O)CCC(C)(C)C.[CH2-]C(=O)CCC(C)C.[CH3-].[W].[W].[Y].[Y]. The van der Waals surface area contributed by atoms with Crippen molar-refractivity contribution in [3.05, 3.63) is 21.3 Å². The van der Waals surface area contributed by atoms with Crippen molar-refractivity contribution in [3.63, 3.8) is 0 Å². The molecule has 0 heterocycles. The summed E-state index contributed by atoms with van der Waals surface area (Å²) in [6.07, 6.45) is 3.17. The van der Waals surface area contributed by atoms with Gasteiger partial charge in [-0.05, 0) is 48.6 Å². The molecule has 0 aromatic heterocycles. The number of Topliss-reactive ketones (excluding diaryl/α,β-unsaturated/α-hetero) is 2. The summed E-state index contributed by atoms with van der Waals surface area (Å²) in [6.45, 7) is 23.6. The first-order chi connectivity index (χ1) is 9.54. The van der Waals surface area contributed by atoms with Gasteiger partial charge in [0.2, 0.25) is 0 Å². The van der Waals surface area contributed by atoms with Crippen LogP contribution in [0.3, 0.4) is 0 Å². The molecule has 0 aromatic rings. The quantitative estimate of drug-likeness (QED) is 0.311. The summed E-state index contributed by atoms with van der Waals surface area (Å²) < 4.78 is 0. The molecule has 8 heteroatoms. The molecule has 2 radical (unpaired) electrons. The van der Waals surface area contributed by atoms with Crippen LogP contribution in [0.25, 0.3) is 0 Å². The van der Waals surface area contributed by atoms with Gasteiger partial charge in [-0.2, -0.15) is 0 Å². The van der Waals surface area contributed by atoms with E-state index in [9.17, 15) is 9.59 Å². The van der Waals surface area contributed by atoms with Gasteiger partial charge in [-0.15, -0.1) is 0 Å². The van der Waals surface area contributed by atoms with Crippen molar-refractivity contribution in [2.45, 2.75) is 60.3 Å². The molecule has 0 aliphatic carbocycles. The zero-order valence-electron chi connectivity index (χ0n) is 17.1. The molecule has 4 nitrogen and oxygen atoms in total. The first kappa shape index (κ1) is 56.5. The van der Waals surface area contributed by atoms with Crippen molar-refractivity contribution in [3.8, 4) is 0 Å². The van der Waals surface area contributed by atoms with Gasteiger partial charge in [0.05, 0.1) is 0 Å². The Morgan fingerprint density at radius 2 is 1.12 bits per heavy atom. The molecule has 0 bridgehead atoms. The number of hydrogen-bond acceptors (Lipinski definition) is 4. The van der Waals surface area contributed by atoms with E-state index in [0.717, 1.165) is 12.8 Å². The van der Waals surface area contributed by atoms with E-state index in [2.05, 4.69) is 62.0 Å². The second-order valence-electron chi connectivity index (χ2n) is 6.07. The van der Waals surface area contributed by atoms with Crippen molar-refractivity contribution in [2.24, 2.45) is 11.3 Å². The van der Waals surface area contributed by atoms with Gasteiger partial charge < -0.3 is 40.5 Å². The van der Waals surface area contributed by atoms with E-state index >= 15 is 0 Å². The van der Waals surface area contributed by atoms with Gasteiger partial charge in [-0.25, -0.2) is 0 Å². The monoisotopic (exact) mass is 859 g/mol. The van der Waals surface area contributed by atoms with Crippen LogP contribution in [-0.2, 0) is 127 Å². The molecule has 26 heavy (non-hydrogen) atoms. The fourth-order valence-electron chi connectivity index (χ4n) is 0.964. The predicted octanol–water partition coefficient (Wildman–Crippen LogP) is 3.93. The predicted molar refractivity (Wildman–Crippen MR) is 93.4 cm³/mol. The summed E-state index contributed by atoms with van der Waals surface area (Å²) in [5, 5.41) is 0. The zero-order valence-corrected chi connectivity index (χ0v) is 28.6. The van der Waals surface area contributed by atoms with Crippen LogP contribution < -0.4 is 0 Å². The topological polar surface area (TPSA) is 68.3 Å². The number of carbonyl (C=O) groups excluding carboxylic acids is 4. The fourth-order valence-corrected chi connectivity index (χ4v) is 0.964. The second kappa shape index (κ2) is 41.4. The molecule has 0 spiro atoms. The summed E-state index contributed by atoms with van der Waals surface area (Å²) in [7, 11) is 0. The summed E-state index contributed by atoms with van der Waals surface area (Å²) in [6, 6.07) is 0. The standard InChI is InChI=1S/C8H15O.C7H13O.2CHO.CH3.2W.2Y/c1-7(9)5-6-8(2,3)4;1-6(2)4-5-7(3)8;2*1-2;;;;;/h1,5-6H2,2-4H3;6H,3-5H2,1-2H3;2*1H;1H3;;;;/q5*-1;;;;. The van der Waals surface area contributed by atoms with Gasteiger partial charge in [0.25, 0.3) is 0 Å². The van der Waals surface area contributed by atoms with Crippen LogP contribution in [0, 0.1) is 32.6 Å². The van der Waals surface area contributed by atoms with E-state index in [0.29, 0.717) is 18.8 Å². The molecule has 152 valence electrons. The van der Waals surface area contributed by atoms with Crippen LogP contribution in [0.1, 0.15) is 60.3 Å². The largest absolute Gasteiger partial charge is 0.545 e. The van der Waals surface area contributed by atoms with Crippen molar-refractivity contribution >= 4 is 25.1 Å². The van der Waals surface area contributed by atoms with Gasteiger partial charge in [0, 0.05) is 108 Å². The molecule has 0 atom stereocenters. The molecule has 0 aliphatic heterocycles. The van der Waals surface area contributed by atoms with Crippen LogP contribution in [0.4, 0.5) is 0 Å². The van der Waals surface area contributed by atoms with Gasteiger partial charge >= 0.3 is 0 Å². The average molecular weight is 859 g/mol. The Morgan fingerprint density at radius 3 is 1.19 bits per heavy atom. The molecule has 0 aliphatic rings. The van der Waals surface area contributed by atoms with Crippen molar-refractivity contribution < 1.29 is 127 Å². The normalized spacial score (nSPS) is 7.31. The average Bonchev–Trinajstić information content (AvgIpc) is 2.39. The van der Waals surface area contributed by atoms with E-state index in [1.54, 1.807) is 0 Å². The van der Waals surface area contributed by atoms with E-state index < -0.39 is 0 Å². The summed E-state index contributed by atoms with van der Waals surface area (Å²) in [5.74, 6) is 0.726. The first-order valence-corrected chi connectivity index (χ1v) is 6.71. The third-order valence-electron chi connectivity index (χ3n) is 2.15.